The number of aromatic amines is 1. The number of aromatic nitrogens is 1. The van der Waals surface area contributed by atoms with Gasteiger partial charge in [-0.25, -0.2) is 4.79 Å². The van der Waals surface area contributed by atoms with Crippen LogP contribution in [0.5, 0.6) is 0 Å². The Morgan fingerprint density at radius 3 is 3.12 bits per heavy atom. The van der Waals surface area contributed by atoms with Crippen LogP contribution in [0.4, 0.5) is 4.79 Å². The number of carbonyl (C=O) groups is 1. The van der Waals surface area contributed by atoms with Crippen molar-refractivity contribution < 1.29 is 9.53 Å². The monoisotopic (exact) mass is 296 g/mol. The Morgan fingerprint density at radius 2 is 2.35 bits per heavy atom. The number of benzene rings is 1. The Kier molecular flexibility index (Phi) is 3.68. The maximum Gasteiger partial charge on any atom is 0.406 e. The van der Waals surface area contributed by atoms with Crippen molar-refractivity contribution >= 4 is 32.9 Å². The third kappa shape index (κ3) is 2.79. The summed E-state index contributed by atoms with van der Waals surface area (Å²) in [6.45, 7) is 0.562. The Balaban J connectivity index is 2.08. The summed E-state index contributed by atoms with van der Waals surface area (Å²) in [5.41, 5.74) is 2.28. The molecule has 0 fully saturated rings. The first kappa shape index (κ1) is 12.0. The highest BCUT2D eigenvalue weighted by Crippen LogP contribution is 2.22. The molecule has 0 unspecified atom stereocenters. The summed E-state index contributed by atoms with van der Waals surface area (Å²) < 4.78 is 5.56. The van der Waals surface area contributed by atoms with Gasteiger partial charge in [-0.15, -0.1) is 0 Å². The van der Waals surface area contributed by atoms with Gasteiger partial charge in [0.25, 0.3) is 0 Å². The van der Waals surface area contributed by atoms with Crippen LogP contribution in [0.15, 0.2) is 28.9 Å². The minimum Gasteiger partial charge on any atom is -0.453 e. The Hall–Kier alpha value is -1.49. The summed E-state index contributed by atoms with van der Waals surface area (Å²) in [6.07, 6.45) is 2.34. The van der Waals surface area contributed by atoms with E-state index in [1.54, 1.807) is 0 Å². The molecule has 0 aliphatic carbocycles. The van der Waals surface area contributed by atoms with E-state index in [1.807, 2.05) is 18.3 Å². The van der Waals surface area contributed by atoms with E-state index in [4.69, 9.17) is 0 Å². The highest BCUT2D eigenvalue weighted by molar-refractivity contribution is 9.10. The van der Waals surface area contributed by atoms with Crippen LogP contribution >= 0.6 is 15.9 Å². The Labute approximate surface area is 107 Å². The molecule has 2 aromatic rings. The minimum absolute atomic E-state index is 0.397. The number of amides is 1. The zero-order chi connectivity index (χ0) is 12.3. The lowest BCUT2D eigenvalue weighted by molar-refractivity contribution is 0.171. The summed E-state index contributed by atoms with van der Waals surface area (Å²) >= 11 is 3.45. The molecule has 5 heteroatoms. The van der Waals surface area contributed by atoms with Gasteiger partial charge in [0, 0.05) is 28.1 Å². The lowest BCUT2D eigenvalue weighted by atomic mass is 10.1. The molecule has 2 rings (SSSR count). The van der Waals surface area contributed by atoms with Crippen LogP contribution in [0.2, 0.25) is 0 Å². The van der Waals surface area contributed by atoms with E-state index in [0.29, 0.717) is 6.54 Å². The van der Waals surface area contributed by atoms with Crippen molar-refractivity contribution in [3.8, 4) is 0 Å². The van der Waals surface area contributed by atoms with Gasteiger partial charge in [0.1, 0.15) is 0 Å². The zero-order valence-electron chi connectivity index (χ0n) is 9.42. The van der Waals surface area contributed by atoms with Gasteiger partial charge in [-0.2, -0.15) is 0 Å². The first-order valence-electron chi connectivity index (χ1n) is 5.28. The van der Waals surface area contributed by atoms with Gasteiger partial charge in [-0.1, -0.05) is 15.9 Å². The van der Waals surface area contributed by atoms with Crippen LogP contribution < -0.4 is 5.32 Å². The second-order valence-corrected chi connectivity index (χ2v) is 4.59. The third-order valence-electron chi connectivity index (χ3n) is 2.58. The van der Waals surface area contributed by atoms with E-state index in [1.165, 1.54) is 18.1 Å². The van der Waals surface area contributed by atoms with Crippen molar-refractivity contribution in [3.05, 3.63) is 34.4 Å². The van der Waals surface area contributed by atoms with Crippen molar-refractivity contribution in [2.75, 3.05) is 13.7 Å². The van der Waals surface area contributed by atoms with E-state index in [0.717, 1.165) is 16.4 Å². The summed E-state index contributed by atoms with van der Waals surface area (Å²) in [5.74, 6) is 0. The van der Waals surface area contributed by atoms with Crippen molar-refractivity contribution in [2.45, 2.75) is 6.42 Å². The topological polar surface area (TPSA) is 54.1 Å². The largest absolute Gasteiger partial charge is 0.453 e. The molecule has 1 aromatic heterocycles. The van der Waals surface area contributed by atoms with Crippen LogP contribution in [-0.2, 0) is 11.2 Å². The number of rotatable bonds is 3. The standard InChI is InChI=1S/C12H13BrN2O2/c1-17-12(16)14-5-4-8-7-15-11-3-2-9(13)6-10(8)11/h2-3,6-7,15H,4-5H2,1H3,(H,14,16). The number of ether oxygens (including phenoxy) is 1. The number of H-pyrrole nitrogens is 1. The third-order valence-corrected chi connectivity index (χ3v) is 3.07. The number of hydrogen-bond acceptors (Lipinski definition) is 2. The number of halogens is 1. The molecular weight excluding hydrogens is 284 g/mol. The molecule has 0 bridgehead atoms. The second kappa shape index (κ2) is 5.23. The van der Waals surface area contributed by atoms with Crippen LogP contribution in [-0.4, -0.2) is 24.7 Å². The number of alkyl carbamates (subject to hydrolysis) is 1. The molecule has 90 valence electrons. The summed E-state index contributed by atoms with van der Waals surface area (Å²) in [5, 5.41) is 3.84. The molecule has 0 atom stereocenters. The van der Waals surface area contributed by atoms with Crippen LogP contribution in [0.3, 0.4) is 0 Å². The molecule has 1 amide bonds. The van der Waals surface area contributed by atoms with Gasteiger partial charge in [0.15, 0.2) is 0 Å². The summed E-state index contributed by atoms with van der Waals surface area (Å²) in [4.78, 5) is 14.1. The predicted molar refractivity (Wildman–Crippen MR) is 70.1 cm³/mol. The van der Waals surface area contributed by atoms with Gasteiger partial charge in [-0.3, -0.25) is 0 Å². The van der Waals surface area contributed by atoms with E-state index >= 15 is 0 Å². The smallest absolute Gasteiger partial charge is 0.406 e. The number of fused-ring (bicyclic) bond motifs is 1. The molecule has 0 saturated carbocycles. The number of nitrogens with one attached hydrogen (secondary N) is 2. The van der Waals surface area contributed by atoms with Crippen molar-refractivity contribution in [3.63, 3.8) is 0 Å². The van der Waals surface area contributed by atoms with Crippen molar-refractivity contribution in [1.29, 1.82) is 0 Å². The highest BCUT2D eigenvalue weighted by Gasteiger charge is 2.05. The summed E-state index contributed by atoms with van der Waals surface area (Å²) in [7, 11) is 1.36. The van der Waals surface area contributed by atoms with E-state index in [-0.39, 0.29) is 0 Å². The lowest BCUT2D eigenvalue weighted by Crippen LogP contribution is -2.25. The molecule has 1 aromatic carbocycles. The first-order chi connectivity index (χ1) is 8.20. The highest BCUT2D eigenvalue weighted by atomic mass is 79.9. The molecule has 0 aliphatic rings. The molecule has 4 nitrogen and oxygen atoms in total. The minimum atomic E-state index is -0.397. The molecule has 0 radical (unpaired) electrons. The average molecular weight is 297 g/mol. The number of methoxy groups -OCH3 is 1. The molecular formula is C12H13BrN2O2. The van der Waals surface area contributed by atoms with Crippen LogP contribution in [0, 0.1) is 0 Å². The van der Waals surface area contributed by atoms with Gasteiger partial charge < -0.3 is 15.0 Å². The fourth-order valence-corrected chi connectivity index (χ4v) is 2.09. The van der Waals surface area contributed by atoms with Crippen molar-refractivity contribution in [1.82, 2.24) is 10.3 Å². The lowest BCUT2D eigenvalue weighted by Gasteiger charge is -2.02. The molecule has 0 aliphatic heterocycles. The molecule has 1 heterocycles. The quantitative estimate of drug-likeness (QED) is 0.915. The van der Waals surface area contributed by atoms with Crippen LogP contribution in [0.1, 0.15) is 5.56 Å². The zero-order valence-corrected chi connectivity index (χ0v) is 11.0. The maximum absolute atomic E-state index is 10.9. The van der Waals surface area contributed by atoms with Gasteiger partial charge in [0.05, 0.1) is 7.11 Å². The second-order valence-electron chi connectivity index (χ2n) is 3.67. The number of hydrogen-bond donors (Lipinski definition) is 2. The van der Waals surface area contributed by atoms with Gasteiger partial charge in [-0.05, 0) is 30.2 Å². The van der Waals surface area contributed by atoms with E-state index in [2.05, 4.69) is 37.0 Å². The van der Waals surface area contributed by atoms with Gasteiger partial charge >= 0.3 is 6.09 Å². The summed E-state index contributed by atoms with van der Waals surface area (Å²) in [6, 6.07) is 6.09. The van der Waals surface area contributed by atoms with Crippen LogP contribution in [0.25, 0.3) is 10.9 Å². The maximum atomic E-state index is 10.9. The Bertz CT molecular complexity index is 536. The fourth-order valence-electron chi connectivity index (χ4n) is 1.73. The molecule has 0 saturated heterocycles. The van der Waals surface area contributed by atoms with E-state index < -0.39 is 6.09 Å². The van der Waals surface area contributed by atoms with E-state index in [9.17, 15) is 4.79 Å². The SMILES string of the molecule is COC(=O)NCCc1c[nH]c2ccc(Br)cc12. The van der Waals surface area contributed by atoms with Crippen molar-refractivity contribution in [2.24, 2.45) is 0 Å². The molecule has 17 heavy (non-hydrogen) atoms. The van der Waals surface area contributed by atoms with Gasteiger partial charge in [0.2, 0.25) is 0 Å². The average Bonchev–Trinajstić information content (AvgIpc) is 2.72. The normalized spacial score (nSPS) is 10.5. The Morgan fingerprint density at radius 1 is 1.53 bits per heavy atom. The first-order valence-corrected chi connectivity index (χ1v) is 6.07. The molecule has 0 spiro atoms. The fraction of sp³-hybridized carbons (Fsp3) is 0.250. The number of carbonyl (C=O) groups excluding carboxylic acids is 1. The predicted octanol–water partition coefficient (Wildman–Crippen LogP) is 2.83. The molecule has 2 N–H and O–H groups in total.